The Labute approximate surface area is 200 Å². The lowest BCUT2D eigenvalue weighted by atomic mass is 10.1. The van der Waals surface area contributed by atoms with Crippen LogP contribution >= 0.6 is 11.8 Å². The van der Waals surface area contributed by atoms with Crippen molar-refractivity contribution in [3.63, 3.8) is 0 Å². The van der Waals surface area contributed by atoms with E-state index in [1.165, 1.54) is 17.3 Å². The quantitative estimate of drug-likeness (QED) is 0.321. The van der Waals surface area contributed by atoms with Gasteiger partial charge in [0.2, 0.25) is 17.3 Å². The molecule has 0 spiro atoms. The van der Waals surface area contributed by atoms with Gasteiger partial charge in [0, 0.05) is 22.6 Å². The number of aromatic amines is 1. The molecule has 1 aliphatic heterocycles. The Balaban J connectivity index is 1.38. The summed E-state index contributed by atoms with van der Waals surface area (Å²) in [6, 6.07) is 28.2. The van der Waals surface area contributed by atoms with Crippen molar-refractivity contribution in [2.75, 3.05) is 5.32 Å². The normalized spacial score (nSPS) is 14.3. The number of anilines is 1. The van der Waals surface area contributed by atoms with E-state index in [0.29, 0.717) is 16.7 Å². The van der Waals surface area contributed by atoms with Crippen LogP contribution in [0, 0.1) is 0 Å². The highest BCUT2D eigenvalue weighted by molar-refractivity contribution is 7.98. The molecule has 8 heteroatoms. The number of hydrogen-bond acceptors (Lipinski definition) is 7. The number of nitrogens with zero attached hydrogens (tertiary/aromatic N) is 4. The first-order valence-corrected chi connectivity index (χ1v) is 11.9. The van der Waals surface area contributed by atoms with E-state index in [9.17, 15) is 0 Å². The Morgan fingerprint density at radius 1 is 0.853 bits per heavy atom. The fourth-order valence-corrected chi connectivity index (χ4v) is 4.64. The van der Waals surface area contributed by atoms with E-state index < -0.39 is 6.23 Å². The van der Waals surface area contributed by atoms with Crippen molar-refractivity contribution < 1.29 is 4.74 Å². The molecule has 2 aromatic heterocycles. The predicted octanol–water partition coefficient (Wildman–Crippen LogP) is 5.72. The molecular formula is C26H20N6OS. The average molecular weight is 465 g/mol. The highest BCUT2D eigenvalue weighted by Crippen LogP contribution is 2.41. The van der Waals surface area contributed by atoms with Gasteiger partial charge in [0.1, 0.15) is 0 Å². The molecule has 166 valence electrons. The summed E-state index contributed by atoms with van der Waals surface area (Å²) in [7, 11) is 0. The molecule has 0 saturated carbocycles. The van der Waals surface area contributed by atoms with E-state index in [2.05, 4.69) is 37.8 Å². The molecule has 1 aliphatic rings. The van der Waals surface area contributed by atoms with Crippen LogP contribution < -0.4 is 10.1 Å². The van der Waals surface area contributed by atoms with Crippen molar-refractivity contribution in [1.29, 1.82) is 0 Å². The second kappa shape index (κ2) is 8.99. The Morgan fingerprint density at radius 2 is 1.62 bits per heavy atom. The van der Waals surface area contributed by atoms with Crippen LogP contribution in [0.4, 0.5) is 5.69 Å². The smallest absolute Gasteiger partial charge is 0.247 e. The number of benzene rings is 3. The van der Waals surface area contributed by atoms with Crippen molar-refractivity contribution >= 4 is 17.4 Å². The summed E-state index contributed by atoms with van der Waals surface area (Å²) in [6.07, 6.45) is 1.27. The first-order valence-electron chi connectivity index (χ1n) is 10.9. The maximum Gasteiger partial charge on any atom is 0.247 e. The van der Waals surface area contributed by atoms with Gasteiger partial charge in [-0.25, -0.2) is 0 Å². The van der Waals surface area contributed by atoms with E-state index in [1.807, 2.05) is 72.8 Å². The number of para-hydroxylation sites is 1. The monoisotopic (exact) mass is 464 g/mol. The highest BCUT2D eigenvalue weighted by atomic mass is 32.2. The van der Waals surface area contributed by atoms with Crippen LogP contribution in [0.2, 0.25) is 0 Å². The van der Waals surface area contributed by atoms with E-state index >= 15 is 0 Å². The minimum atomic E-state index is -0.514. The van der Waals surface area contributed by atoms with E-state index in [0.717, 1.165) is 33.8 Å². The third-order valence-electron chi connectivity index (χ3n) is 5.56. The summed E-state index contributed by atoms with van der Waals surface area (Å²) >= 11 is 1.53. The van der Waals surface area contributed by atoms with E-state index in [4.69, 9.17) is 9.72 Å². The van der Waals surface area contributed by atoms with Crippen LogP contribution in [0.25, 0.3) is 22.5 Å². The molecule has 1 atom stereocenters. The van der Waals surface area contributed by atoms with Crippen LogP contribution in [0.5, 0.6) is 5.88 Å². The maximum atomic E-state index is 6.44. The number of rotatable bonds is 5. The number of H-pyrrole nitrogens is 1. The number of nitrogens with one attached hydrogen (secondary N) is 2. The summed E-state index contributed by atoms with van der Waals surface area (Å²) in [4.78, 5) is 4.75. The Hall–Kier alpha value is -4.17. The maximum absolute atomic E-state index is 6.44. The molecule has 34 heavy (non-hydrogen) atoms. The third kappa shape index (κ3) is 3.99. The molecule has 0 saturated heterocycles. The molecule has 2 N–H and O–H groups in total. The minimum absolute atomic E-state index is 0.438. The fraction of sp³-hybridized carbons (Fsp3) is 0.0769. The lowest BCUT2D eigenvalue weighted by Crippen LogP contribution is -2.17. The molecule has 7 nitrogen and oxygen atoms in total. The summed E-state index contributed by atoms with van der Waals surface area (Å²) in [5.74, 6) is 1.19. The summed E-state index contributed by atoms with van der Waals surface area (Å²) < 4.78 is 6.44. The van der Waals surface area contributed by atoms with Crippen molar-refractivity contribution in [2.24, 2.45) is 0 Å². The summed E-state index contributed by atoms with van der Waals surface area (Å²) in [5.41, 5.74) is 6.39. The van der Waals surface area contributed by atoms with Crippen LogP contribution in [0.3, 0.4) is 0 Å². The molecule has 0 radical (unpaired) electrons. The number of ether oxygens (including phenoxy) is 1. The minimum Gasteiger partial charge on any atom is -0.448 e. The van der Waals surface area contributed by atoms with Crippen LogP contribution in [0.15, 0.2) is 96.3 Å². The lowest BCUT2D eigenvalue weighted by Gasteiger charge is -2.19. The Morgan fingerprint density at radius 3 is 2.47 bits per heavy atom. The topological polar surface area (TPSA) is 88.6 Å². The Kier molecular flexibility index (Phi) is 5.41. The Bertz CT molecular complexity index is 1420. The molecule has 5 aromatic rings. The van der Waals surface area contributed by atoms with Crippen molar-refractivity contribution in [1.82, 2.24) is 25.4 Å². The molecule has 1 unspecified atom stereocenters. The van der Waals surface area contributed by atoms with Crippen LogP contribution in [-0.2, 0) is 5.75 Å². The van der Waals surface area contributed by atoms with Crippen LogP contribution in [-0.4, -0.2) is 25.4 Å². The van der Waals surface area contributed by atoms with Gasteiger partial charge in [-0.05, 0) is 11.6 Å². The molecule has 3 aromatic carbocycles. The highest BCUT2D eigenvalue weighted by Gasteiger charge is 2.28. The summed E-state index contributed by atoms with van der Waals surface area (Å²) in [6.45, 7) is 0. The van der Waals surface area contributed by atoms with Crippen molar-refractivity contribution in [2.45, 2.75) is 17.1 Å². The second-order valence-electron chi connectivity index (χ2n) is 7.78. The summed E-state index contributed by atoms with van der Waals surface area (Å²) in [5, 5.41) is 20.4. The molecule has 3 heterocycles. The molecule has 0 aliphatic carbocycles. The third-order valence-corrected chi connectivity index (χ3v) is 6.47. The zero-order chi connectivity index (χ0) is 22.7. The van der Waals surface area contributed by atoms with Gasteiger partial charge in [-0.2, -0.15) is 10.1 Å². The number of hydrogen-bond donors (Lipinski definition) is 2. The molecule has 6 rings (SSSR count). The number of aromatic nitrogens is 5. The fourth-order valence-electron chi connectivity index (χ4n) is 3.90. The van der Waals surface area contributed by atoms with Gasteiger partial charge in [0.15, 0.2) is 5.69 Å². The van der Waals surface area contributed by atoms with E-state index in [-0.39, 0.29) is 0 Å². The first kappa shape index (κ1) is 20.4. The average Bonchev–Trinajstić information content (AvgIpc) is 3.33. The lowest BCUT2D eigenvalue weighted by molar-refractivity contribution is 0.226. The zero-order valence-electron chi connectivity index (χ0n) is 18.1. The second-order valence-corrected chi connectivity index (χ2v) is 8.72. The largest absolute Gasteiger partial charge is 0.448 e. The predicted molar refractivity (Wildman–Crippen MR) is 132 cm³/mol. The van der Waals surface area contributed by atoms with Gasteiger partial charge >= 0.3 is 0 Å². The van der Waals surface area contributed by atoms with Gasteiger partial charge in [-0.3, -0.25) is 5.10 Å². The number of thioether (sulfide) groups is 1. The molecular weight excluding hydrogens is 444 g/mol. The van der Waals surface area contributed by atoms with Crippen LogP contribution in [0.1, 0.15) is 17.4 Å². The number of fused-ring (bicyclic) bond motifs is 3. The van der Waals surface area contributed by atoms with Gasteiger partial charge in [0.05, 0.1) is 17.5 Å². The van der Waals surface area contributed by atoms with E-state index in [1.54, 1.807) is 6.20 Å². The standard InChI is InChI=1S/C26H20N6OS/c1-3-9-17(10-4-1)16-34-26-29-25-23(31-32-26)19-13-7-8-14-21(19)28-24(33-25)20-15-27-30-22(20)18-11-5-2-6-12-18/h1-15,24,28H,16H2,(H,27,30). The zero-order valence-corrected chi connectivity index (χ0v) is 18.9. The van der Waals surface area contributed by atoms with Gasteiger partial charge in [-0.1, -0.05) is 90.6 Å². The van der Waals surface area contributed by atoms with Gasteiger partial charge < -0.3 is 10.1 Å². The SMILES string of the molecule is c1ccc(CSc2nnc3c(n2)OC(c2cn[nH]c2-c2ccccc2)Nc2ccccc2-3)cc1. The molecule has 0 fully saturated rings. The van der Waals surface area contributed by atoms with Crippen molar-refractivity contribution in [3.8, 4) is 28.4 Å². The van der Waals surface area contributed by atoms with Gasteiger partial charge in [0.25, 0.3) is 0 Å². The molecule has 0 amide bonds. The first-order chi connectivity index (χ1) is 16.8. The van der Waals surface area contributed by atoms with Gasteiger partial charge in [-0.15, -0.1) is 10.2 Å². The molecule has 0 bridgehead atoms. The van der Waals surface area contributed by atoms with Crippen molar-refractivity contribution in [3.05, 3.63) is 102 Å².